The molecule has 0 radical (unpaired) electrons. The van der Waals surface area contributed by atoms with E-state index in [0.29, 0.717) is 27.2 Å². The third kappa shape index (κ3) is 3.18. The Bertz CT molecular complexity index is 759. The van der Waals surface area contributed by atoms with Crippen LogP contribution in [0.2, 0.25) is 10.0 Å². The minimum atomic E-state index is -0.304. The lowest BCUT2D eigenvalue weighted by atomic mass is 10.2. The summed E-state index contributed by atoms with van der Waals surface area (Å²) in [6, 6.07) is 10.5. The summed E-state index contributed by atoms with van der Waals surface area (Å²) < 4.78 is 10.5. The molecule has 0 bridgehead atoms. The van der Waals surface area contributed by atoms with Gasteiger partial charge in [-0.05, 0) is 35.9 Å². The molecule has 1 aliphatic rings. The zero-order valence-corrected chi connectivity index (χ0v) is 12.8. The Balaban J connectivity index is 1.70. The largest absolute Gasteiger partial charge is 0.454 e. The van der Waals surface area contributed by atoms with Crippen LogP contribution in [0.15, 0.2) is 42.5 Å². The van der Waals surface area contributed by atoms with Crippen LogP contribution in [-0.4, -0.2) is 12.7 Å². The fourth-order valence-corrected chi connectivity index (χ4v) is 2.31. The molecule has 2 aromatic rings. The van der Waals surface area contributed by atoms with Crippen LogP contribution < -0.4 is 14.8 Å². The lowest BCUT2D eigenvalue weighted by molar-refractivity contribution is -0.111. The number of fused-ring (bicyclic) bond motifs is 1. The number of anilines is 1. The van der Waals surface area contributed by atoms with E-state index in [0.717, 1.165) is 5.56 Å². The molecule has 0 saturated heterocycles. The molecule has 1 N–H and O–H groups in total. The zero-order valence-electron chi connectivity index (χ0n) is 11.3. The summed E-state index contributed by atoms with van der Waals surface area (Å²) in [4.78, 5) is 11.9. The molecule has 2 aromatic carbocycles. The topological polar surface area (TPSA) is 47.6 Å². The van der Waals surface area contributed by atoms with E-state index in [1.165, 1.54) is 6.08 Å². The van der Waals surface area contributed by atoms with Gasteiger partial charge in [0.2, 0.25) is 12.7 Å². The lowest BCUT2D eigenvalue weighted by Crippen LogP contribution is -2.08. The molecule has 1 aliphatic heterocycles. The summed E-state index contributed by atoms with van der Waals surface area (Å²) in [5.74, 6) is 1.06. The van der Waals surface area contributed by atoms with Gasteiger partial charge < -0.3 is 14.8 Å². The summed E-state index contributed by atoms with van der Waals surface area (Å²) in [5.41, 5.74) is 1.30. The van der Waals surface area contributed by atoms with E-state index in [9.17, 15) is 4.79 Å². The molecule has 4 nitrogen and oxygen atoms in total. The van der Waals surface area contributed by atoms with E-state index in [4.69, 9.17) is 32.7 Å². The molecule has 112 valence electrons. The highest BCUT2D eigenvalue weighted by atomic mass is 35.5. The van der Waals surface area contributed by atoms with Crippen LogP contribution in [0.3, 0.4) is 0 Å². The highest BCUT2D eigenvalue weighted by molar-refractivity contribution is 6.44. The van der Waals surface area contributed by atoms with Gasteiger partial charge in [0.1, 0.15) is 0 Å². The van der Waals surface area contributed by atoms with E-state index in [1.807, 2.05) is 6.07 Å². The molecule has 0 saturated carbocycles. The van der Waals surface area contributed by atoms with Crippen molar-refractivity contribution >= 4 is 40.9 Å². The Morgan fingerprint density at radius 1 is 1.14 bits per heavy atom. The van der Waals surface area contributed by atoms with Crippen LogP contribution in [0.5, 0.6) is 11.5 Å². The zero-order chi connectivity index (χ0) is 15.5. The summed E-state index contributed by atoms with van der Waals surface area (Å²) in [6.07, 6.45) is 3.09. The van der Waals surface area contributed by atoms with Crippen molar-refractivity contribution in [1.29, 1.82) is 0 Å². The number of hydrogen-bond acceptors (Lipinski definition) is 3. The van der Waals surface area contributed by atoms with Gasteiger partial charge in [-0.2, -0.15) is 0 Å². The standard InChI is InChI=1S/C16H11Cl2NO3/c17-11-2-1-3-12(16(11)18)19-15(20)7-5-10-4-6-13-14(8-10)22-9-21-13/h1-8H,9H2,(H,19,20)/b7-5+. The first-order valence-corrected chi connectivity index (χ1v) is 7.22. The van der Waals surface area contributed by atoms with Crippen molar-refractivity contribution < 1.29 is 14.3 Å². The molecule has 0 spiro atoms. The van der Waals surface area contributed by atoms with Crippen molar-refractivity contribution in [3.8, 4) is 11.5 Å². The molecule has 0 aromatic heterocycles. The fraction of sp³-hybridized carbons (Fsp3) is 0.0625. The number of rotatable bonds is 3. The van der Waals surface area contributed by atoms with Crippen LogP contribution in [-0.2, 0) is 4.79 Å². The molecular formula is C16H11Cl2NO3. The van der Waals surface area contributed by atoms with Crippen LogP contribution >= 0.6 is 23.2 Å². The van der Waals surface area contributed by atoms with Crippen LogP contribution in [0, 0.1) is 0 Å². The molecule has 0 unspecified atom stereocenters. The maximum Gasteiger partial charge on any atom is 0.248 e. The lowest BCUT2D eigenvalue weighted by Gasteiger charge is -2.05. The molecule has 1 heterocycles. The maximum atomic E-state index is 11.9. The normalized spacial score (nSPS) is 12.6. The van der Waals surface area contributed by atoms with Gasteiger partial charge >= 0.3 is 0 Å². The Hall–Kier alpha value is -2.17. The van der Waals surface area contributed by atoms with E-state index >= 15 is 0 Å². The predicted octanol–water partition coefficient (Wildman–Crippen LogP) is 4.37. The van der Waals surface area contributed by atoms with Gasteiger partial charge in [0, 0.05) is 6.08 Å². The molecule has 0 fully saturated rings. The van der Waals surface area contributed by atoms with E-state index in [2.05, 4.69) is 5.32 Å². The van der Waals surface area contributed by atoms with E-state index < -0.39 is 0 Å². The third-order valence-corrected chi connectivity index (χ3v) is 3.85. The van der Waals surface area contributed by atoms with Gasteiger partial charge in [-0.3, -0.25) is 4.79 Å². The highest BCUT2D eigenvalue weighted by Crippen LogP contribution is 2.33. The quantitative estimate of drug-likeness (QED) is 0.847. The van der Waals surface area contributed by atoms with Crippen LogP contribution in [0.4, 0.5) is 5.69 Å². The molecule has 22 heavy (non-hydrogen) atoms. The van der Waals surface area contributed by atoms with Crippen LogP contribution in [0.25, 0.3) is 6.08 Å². The summed E-state index contributed by atoms with van der Waals surface area (Å²) in [5, 5.41) is 3.38. The fourth-order valence-electron chi connectivity index (χ4n) is 1.96. The van der Waals surface area contributed by atoms with Crippen molar-refractivity contribution in [1.82, 2.24) is 0 Å². The Kier molecular flexibility index (Phi) is 4.22. The summed E-state index contributed by atoms with van der Waals surface area (Å²) in [7, 11) is 0. The molecule has 3 rings (SSSR count). The first-order valence-electron chi connectivity index (χ1n) is 6.46. The summed E-state index contributed by atoms with van der Waals surface area (Å²) >= 11 is 11.9. The van der Waals surface area contributed by atoms with Gasteiger partial charge in [-0.1, -0.05) is 35.3 Å². The second kappa shape index (κ2) is 6.30. The number of benzene rings is 2. The number of amides is 1. The smallest absolute Gasteiger partial charge is 0.248 e. The second-order valence-corrected chi connectivity index (χ2v) is 5.32. The average molecular weight is 336 g/mol. The first kappa shape index (κ1) is 14.8. The van der Waals surface area contributed by atoms with Crippen molar-refractivity contribution in [2.24, 2.45) is 0 Å². The number of carbonyl (C=O) groups excluding carboxylic acids is 1. The van der Waals surface area contributed by atoms with Gasteiger partial charge in [-0.25, -0.2) is 0 Å². The third-order valence-electron chi connectivity index (χ3n) is 3.03. The molecular weight excluding hydrogens is 325 g/mol. The number of halogens is 2. The van der Waals surface area contributed by atoms with Gasteiger partial charge in [-0.15, -0.1) is 0 Å². The highest BCUT2D eigenvalue weighted by Gasteiger charge is 2.12. The number of ether oxygens (including phenoxy) is 2. The van der Waals surface area contributed by atoms with Crippen molar-refractivity contribution in [3.63, 3.8) is 0 Å². The Morgan fingerprint density at radius 2 is 1.95 bits per heavy atom. The monoisotopic (exact) mass is 335 g/mol. The molecule has 1 amide bonds. The maximum absolute atomic E-state index is 11.9. The average Bonchev–Trinajstić information content (AvgIpc) is 2.97. The molecule has 0 aliphatic carbocycles. The Labute approximate surface area is 137 Å². The van der Waals surface area contributed by atoms with Gasteiger partial charge in [0.25, 0.3) is 0 Å². The van der Waals surface area contributed by atoms with Crippen LogP contribution in [0.1, 0.15) is 5.56 Å². The molecule has 6 heteroatoms. The van der Waals surface area contributed by atoms with Gasteiger partial charge in [0.15, 0.2) is 11.5 Å². The first-order chi connectivity index (χ1) is 10.6. The number of carbonyl (C=O) groups is 1. The van der Waals surface area contributed by atoms with Gasteiger partial charge in [0.05, 0.1) is 15.7 Å². The molecule has 0 atom stereocenters. The second-order valence-electron chi connectivity index (χ2n) is 4.54. The minimum absolute atomic E-state index is 0.219. The van der Waals surface area contributed by atoms with Crippen molar-refractivity contribution in [2.45, 2.75) is 0 Å². The Morgan fingerprint density at radius 3 is 2.82 bits per heavy atom. The summed E-state index contributed by atoms with van der Waals surface area (Å²) in [6.45, 7) is 0.219. The number of hydrogen-bond donors (Lipinski definition) is 1. The van der Waals surface area contributed by atoms with Crippen molar-refractivity contribution in [3.05, 3.63) is 58.1 Å². The van der Waals surface area contributed by atoms with Crippen molar-refractivity contribution in [2.75, 3.05) is 12.1 Å². The predicted molar refractivity (Wildman–Crippen MR) is 86.7 cm³/mol. The van der Waals surface area contributed by atoms with E-state index in [1.54, 1.807) is 36.4 Å². The minimum Gasteiger partial charge on any atom is -0.454 e. The number of nitrogens with one attached hydrogen (secondary N) is 1. The SMILES string of the molecule is O=C(/C=C/c1ccc2c(c1)OCO2)Nc1cccc(Cl)c1Cl. The van der Waals surface area contributed by atoms with E-state index in [-0.39, 0.29) is 12.7 Å².